The predicted molar refractivity (Wildman–Crippen MR) is 97.6 cm³/mol. The zero-order valence-corrected chi connectivity index (χ0v) is 15.5. The molecule has 2 aromatic heterocycles. The zero-order valence-electron chi connectivity index (χ0n) is 14.7. The minimum Gasteiger partial charge on any atom is -0.376 e. The molecule has 0 amide bonds. The van der Waals surface area contributed by atoms with E-state index in [4.69, 9.17) is 11.6 Å². The van der Waals surface area contributed by atoms with Gasteiger partial charge in [0.25, 0.3) is 0 Å². The van der Waals surface area contributed by atoms with Crippen LogP contribution in [0.3, 0.4) is 0 Å². The number of halogens is 4. The molecule has 0 bridgehead atoms. The summed E-state index contributed by atoms with van der Waals surface area (Å²) in [5.41, 5.74) is -0.525. The second-order valence-electron chi connectivity index (χ2n) is 6.68. The molecule has 10 heteroatoms. The summed E-state index contributed by atoms with van der Waals surface area (Å²) in [5, 5.41) is 21.6. The normalized spacial score (nSPS) is 16.8. The van der Waals surface area contributed by atoms with Crippen LogP contribution in [0.25, 0.3) is 22.3 Å². The molecule has 0 spiro atoms. The lowest BCUT2D eigenvalue weighted by Gasteiger charge is -2.22. The molecule has 1 aromatic carbocycles. The van der Waals surface area contributed by atoms with Gasteiger partial charge in [0.15, 0.2) is 11.3 Å². The van der Waals surface area contributed by atoms with Gasteiger partial charge in [-0.25, -0.2) is 4.68 Å². The van der Waals surface area contributed by atoms with Crippen LogP contribution in [-0.2, 0) is 12.7 Å². The summed E-state index contributed by atoms with van der Waals surface area (Å²) in [6.07, 6.45) is -3.79. The molecule has 3 aromatic rings. The van der Waals surface area contributed by atoms with Gasteiger partial charge in [0.2, 0.25) is 0 Å². The van der Waals surface area contributed by atoms with Crippen molar-refractivity contribution in [3.63, 3.8) is 0 Å². The third-order valence-corrected chi connectivity index (χ3v) is 5.18. The highest BCUT2D eigenvalue weighted by molar-refractivity contribution is 6.37. The van der Waals surface area contributed by atoms with Crippen LogP contribution in [0, 0.1) is 0 Å². The van der Waals surface area contributed by atoms with E-state index in [1.54, 1.807) is 35.2 Å². The molecule has 3 heterocycles. The van der Waals surface area contributed by atoms with Crippen LogP contribution in [0.15, 0.2) is 30.3 Å². The Hall–Kier alpha value is -2.23. The number of likely N-dealkylation sites (tertiary alicyclic amines) is 1. The monoisotopic (exact) mass is 411 g/mol. The van der Waals surface area contributed by atoms with Crippen LogP contribution in [0.2, 0.25) is 5.02 Å². The summed E-state index contributed by atoms with van der Waals surface area (Å²) in [5.74, 6) is 0. The average Bonchev–Trinajstić information content (AvgIpc) is 3.31. The van der Waals surface area contributed by atoms with E-state index in [0.29, 0.717) is 18.7 Å². The number of aromatic nitrogens is 4. The van der Waals surface area contributed by atoms with Crippen LogP contribution in [0.4, 0.5) is 13.2 Å². The Balaban J connectivity index is 1.83. The molecule has 0 aliphatic carbocycles. The molecule has 6 nitrogen and oxygen atoms in total. The smallest absolute Gasteiger partial charge is 0.376 e. The maximum absolute atomic E-state index is 13.6. The number of alkyl halides is 3. The highest BCUT2D eigenvalue weighted by atomic mass is 35.5. The second kappa shape index (κ2) is 7.31. The molecule has 1 atom stereocenters. The van der Waals surface area contributed by atoms with Crippen LogP contribution < -0.4 is 0 Å². The molecule has 1 aliphatic rings. The van der Waals surface area contributed by atoms with Crippen LogP contribution >= 0.6 is 11.6 Å². The van der Waals surface area contributed by atoms with Crippen molar-refractivity contribution >= 4 is 22.6 Å². The molecule has 0 radical (unpaired) electrons. The van der Waals surface area contributed by atoms with E-state index in [0.717, 1.165) is 17.5 Å². The SMILES string of the molecule is OC(Cn1nc(C(F)(F)F)c2c(Cl)c(-c3ccccc3)nnc21)N1CCCC1. The Kier molecular flexibility index (Phi) is 4.98. The number of aliphatic hydroxyl groups excluding tert-OH is 1. The van der Waals surface area contributed by atoms with Crippen molar-refractivity contribution in [2.75, 3.05) is 13.1 Å². The predicted octanol–water partition coefficient (Wildman–Crippen LogP) is 3.58. The molecular weight excluding hydrogens is 395 g/mol. The van der Waals surface area contributed by atoms with Crippen molar-refractivity contribution in [2.45, 2.75) is 31.8 Å². The Labute approximate surface area is 163 Å². The Morgan fingerprint density at radius 3 is 2.43 bits per heavy atom. The third kappa shape index (κ3) is 3.45. The molecule has 1 fully saturated rings. The Bertz CT molecular complexity index is 986. The maximum atomic E-state index is 13.6. The number of aliphatic hydroxyl groups is 1. The first-order chi connectivity index (χ1) is 13.4. The maximum Gasteiger partial charge on any atom is 0.435 e. The summed E-state index contributed by atoms with van der Waals surface area (Å²) in [6.45, 7) is 1.23. The summed E-state index contributed by atoms with van der Waals surface area (Å²) in [7, 11) is 0. The van der Waals surface area contributed by atoms with Gasteiger partial charge in [0.1, 0.15) is 11.9 Å². The van der Waals surface area contributed by atoms with Crippen molar-refractivity contribution in [1.29, 1.82) is 0 Å². The first-order valence-electron chi connectivity index (χ1n) is 8.83. The van der Waals surface area contributed by atoms with Gasteiger partial charge < -0.3 is 5.11 Å². The van der Waals surface area contributed by atoms with E-state index in [9.17, 15) is 18.3 Å². The van der Waals surface area contributed by atoms with Crippen LogP contribution in [0.1, 0.15) is 18.5 Å². The Morgan fingerprint density at radius 2 is 1.79 bits per heavy atom. The van der Waals surface area contributed by atoms with Gasteiger partial charge in [-0.15, -0.1) is 10.2 Å². The Morgan fingerprint density at radius 1 is 1.11 bits per heavy atom. The number of hydrogen-bond acceptors (Lipinski definition) is 5. The molecule has 1 aliphatic heterocycles. The van der Waals surface area contributed by atoms with E-state index in [-0.39, 0.29) is 28.3 Å². The van der Waals surface area contributed by atoms with E-state index < -0.39 is 18.1 Å². The minimum atomic E-state index is -4.72. The number of hydrogen-bond donors (Lipinski definition) is 1. The second-order valence-corrected chi connectivity index (χ2v) is 7.06. The molecule has 148 valence electrons. The molecule has 1 saturated heterocycles. The molecule has 1 unspecified atom stereocenters. The van der Waals surface area contributed by atoms with E-state index in [1.165, 1.54) is 0 Å². The first-order valence-corrected chi connectivity index (χ1v) is 9.21. The summed E-state index contributed by atoms with van der Waals surface area (Å²) >= 11 is 6.34. The molecular formula is C18H17ClF3N5O. The van der Waals surface area contributed by atoms with Gasteiger partial charge in [-0.05, 0) is 12.8 Å². The third-order valence-electron chi connectivity index (χ3n) is 4.81. The molecule has 4 rings (SSSR count). The quantitative estimate of drug-likeness (QED) is 0.710. The van der Waals surface area contributed by atoms with Gasteiger partial charge in [-0.2, -0.15) is 18.3 Å². The standard InChI is InChI=1S/C18H17ClF3N5O/c19-14-13-16(18(20,21)22)25-27(10-12(28)26-8-4-5-9-26)17(13)24-23-15(14)11-6-2-1-3-7-11/h1-3,6-7,12,28H,4-5,8-10H2. The van der Waals surface area contributed by atoms with Crippen LogP contribution in [0.5, 0.6) is 0 Å². The number of benzene rings is 1. The van der Waals surface area contributed by atoms with Crippen molar-refractivity contribution in [3.8, 4) is 11.3 Å². The highest BCUT2D eigenvalue weighted by Crippen LogP contribution is 2.39. The van der Waals surface area contributed by atoms with E-state index in [2.05, 4.69) is 15.3 Å². The van der Waals surface area contributed by atoms with E-state index in [1.807, 2.05) is 0 Å². The van der Waals surface area contributed by atoms with Crippen molar-refractivity contribution in [2.24, 2.45) is 0 Å². The number of fused-ring (bicyclic) bond motifs is 1. The van der Waals surface area contributed by atoms with Gasteiger partial charge in [-0.1, -0.05) is 41.9 Å². The topological polar surface area (TPSA) is 67.1 Å². The van der Waals surface area contributed by atoms with Crippen LogP contribution in [-0.4, -0.2) is 49.3 Å². The summed E-state index contributed by atoms with van der Waals surface area (Å²) in [4.78, 5) is 1.80. The lowest BCUT2D eigenvalue weighted by Crippen LogP contribution is -2.36. The minimum absolute atomic E-state index is 0.102. The fraction of sp³-hybridized carbons (Fsp3) is 0.389. The van der Waals surface area contributed by atoms with Gasteiger partial charge in [-0.3, -0.25) is 4.90 Å². The number of nitrogens with zero attached hydrogens (tertiary/aromatic N) is 5. The first kappa shape index (κ1) is 19.1. The van der Waals surface area contributed by atoms with Gasteiger partial charge in [0.05, 0.1) is 17.0 Å². The summed E-state index contributed by atoms with van der Waals surface area (Å²) in [6, 6.07) is 8.63. The van der Waals surface area contributed by atoms with Crippen molar-refractivity contribution < 1.29 is 18.3 Å². The molecule has 28 heavy (non-hydrogen) atoms. The average molecular weight is 412 g/mol. The fourth-order valence-corrected chi connectivity index (χ4v) is 3.75. The van der Waals surface area contributed by atoms with E-state index >= 15 is 0 Å². The van der Waals surface area contributed by atoms with Crippen molar-refractivity contribution in [3.05, 3.63) is 41.0 Å². The molecule has 1 N–H and O–H groups in total. The fourth-order valence-electron chi connectivity index (χ4n) is 3.43. The zero-order chi connectivity index (χ0) is 19.9. The number of rotatable bonds is 4. The lowest BCUT2D eigenvalue weighted by molar-refractivity contribution is -0.140. The molecule has 0 saturated carbocycles. The summed E-state index contributed by atoms with van der Waals surface area (Å²) < 4.78 is 41.9. The van der Waals surface area contributed by atoms with Gasteiger partial charge >= 0.3 is 6.18 Å². The lowest BCUT2D eigenvalue weighted by atomic mass is 10.1. The highest BCUT2D eigenvalue weighted by Gasteiger charge is 2.39. The van der Waals surface area contributed by atoms with Crippen molar-refractivity contribution in [1.82, 2.24) is 24.9 Å². The van der Waals surface area contributed by atoms with Gasteiger partial charge in [0, 0.05) is 18.7 Å². The largest absolute Gasteiger partial charge is 0.435 e.